The number of nitrogen functional groups attached to an aromatic ring is 1. The number of carbonyl (C=O) groups is 2. The van der Waals surface area contributed by atoms with E-state index in [9.17, 15) is 4.79 Å². The van der Waals surface area contributed by atoms with Gasteiger partial charge in [-0.3, -0.25) is 10.2 Å². The van der Waals surface area contributed by atoms with Crippen molar-refractivity contribution < 1.29 is 33.3 Å². The van der Waals surface area contributed by atoms with Crippen molar-refractivity contribution in [2.75, 3.05) is 38.2 Å². The number of hydrogen-bond donors (Lipinski definition) is 5. The minimum Gasteiger partial charge on any atom is -0.494 e. The van der Waals surface area contributed by atoms with Crippen molar-refractivity contribution in [2.24, 2.45) is 11.7 Å². The zero-order valence-electron chi connectivity index (χ0n) is 22.0. The van der Waals surface area contributed by atoms with Gasteiger partial charge in [0.1, 0.15) is 11.6 Å². The van der Waals surface area contributed by atoms with Gasteiger partial charge in [0, 0.05) is 29.8 Å². The first-order valence-electron chi connectivity index (χ1n) is 12.5. The van der Waals surface area contributed by atoms with Crippen molar-refractivity contribution in [1.82, 2.24) is 5.32 Å². The van der Waals surface area contributed by atoms with E-state index in [1.54, 1.807) is 31.2 Å². The third-order valence-corrected chi connectivity index (χ3v) is 5.63. The topological polar surface area (TPSA) is 156 Å². The highest BCUT2D eigenvalue weighted by Crippen LogP contribution is 2.34. The van der Waals surface area contributed by atoms with Gasteiger partial charge < -0.3 is 35.7 Å². The molecule has 0 aliphatic carbocycles. The average molecular weight is 533 g/mol. The third-order valence-electron chi connectivity index (χ3n) is 5.63. The zero-order valence-corrected chi connectivity index (χ0v) is 22.0. The zero-order chi connectivity index (χ0) is 28.1. The fourth-order valence-electron chi connectivity index (χ4n) is 3.82. The Morgan fingerprint density at radius 2 is 1.79 bits per heavy atom. The Bertz CT molecular complexity index is 1070. The van der Waals surface area contributed by atoms with Crippen LogP contribution in [0.1, 0.15) is 50.8 Å². The molecule has 1 aliphatic rings. The molecule has 11 heteroatoms. The summed E-state index contributed by atoms with van der Waals surface area (Å²) in [4.78, 5) is 21.9. The standard InChI is InChI=1S/C25H33FN4O4.C2H4O2/c1-3-32-19-13-20(22(26)21(14-19)34-15-16-9-11-29-12-10-16)23(25(31)33-4-2)30-18-7-5-17(6-8-18)24(27)28;1-2(3)4/h5-8,13-14,16,23,29-30H,3-4,9-12,15H2,1-2H3,(H3,27,28);1H3,(H,3,4). The van der Waals surface area contributed by atoms with Crippen LogP contribution in [-0.2, 0) is 14.3 Å². The predicted molar refractivity (Wildman–Crippen MR) is 142 cm³/mol. The molecule has 0 aromatic heterocycles. The van der Waals surface area contributed by atoms with E-state index in [0.717, 1.165) is 32.9 Å². The molecular weight excluding hydrogens is 495 g/mol. The van der Waals surface area contributed by atoms with E-state index in [1.165, 1.54) is 12.1 Å². The summed E-state index contributed by atoms with van der Waals surface area (Å²) in [6.07, 6.45) is 1.92. The molecule has 1 aliphatic heterocycles. The van der Waals surface area contributed by atoms with E-state index >= 15 is 4.39 Å². The fraction of sp³-hybridized carbons (Fsp3) is 0.444. The number of nitrogens with one attached hydrogen (secondary N) is 3. The lowest BCUT2D eigenvalue weighted by Crippen LogP contribution is -2.30. The van der Waals surface area contributed by atoms with Gasteiger partial charge in [0.05, 0.1) is 19.8 Å². The smallest absolute Gasteiger partial charge is 0.333 e. The molecule has 0 bridgehead atoms. The molecular formula is C27H37FN4O6. The molecule has 0 radical (unpaired) electrons. The SMILES string of the molecule is CC(=O)O.CCOC(=O)C(Nc1ccc(C(=N)N)cc1)c1cc(OCC)cc(OCC2CCNCC2)c1F. The lowest BCUT2D eigenvalue weighted by Gasteiger charge is -2.24. The first kappa shape index (κ1) is 30.4. The van der Waals surface area contributed by atoms with Crippen molar-refractivity contribution in [3.05, 3.63) is 53.3 Å². The molecule has 0 spiro atoms. The lowest BCUT2D eigenvalue weighted by molar-refractivity contribution is -0.144. The molecule has 1 unspecified atom stereocenters. The van der Waals surface area contributed by atoms with Crippen LogP contribution in [0.5, 0.6) is 11.5 Å². The number of piperidine rings is 1. The minimum absolute atomic E-state index is 0.0440. The molecule has 1 saturated heterocycles. The monoisotopic (exact) mass is 532 g/mol. The molecule has 2 aromatic carbocycles. The molecule has 0 saturated carbocycles. The molecule has 10 nitrogen and oxygen atoms in total. The van der Waals surface area contributed by atoms with Gasteiger partial charge in [0.15, 0.2) is 17.6 Å². The molecule has 1 heterocycles. The van der Waals surface area contributed by atoms with E-state index in [1.807, 2.05) is 6.92 Å². The summed E-state index contributed by atoms with van der Waals surface area (Å²) in [5.74, 6) is -1.39. The number of carboxylic acids is 1. The first-order chi connectivity index (χ1) is 18.2. The number of carboxylic acid groups (broad SMARTS) is 1. The van der Waals surface area contributed by atoms with Crippen LogP contribution in [0, 0.1) is 17.1 Å². The molecule has 6 N–H and O–H groups in total. The van der Waals surface area contributed by atoms with Crippen molar-refractivity contribution >= 4 is 23.5 Å². The number of rotatable bonds is 11. The maximum atomic E-state index is 15.7. The number of ether oxygens (including phenoxy) is 3. The van der Waals surface area contributed by atoms with Crippen LogP contribution in [-0.4, -0.2) is 55.8 Å². The van der Waals surface area contributed by atoms with Crippen LogP contribution in [0.2, 0.25) is 0 Å². The van der Waals surface area contributed by atoms with Crippen LogP contribution < -0.4 is 25.8 Å². The van der Waals surface area contributed by atoms with Gasteiger partial charge in [-0.15, -0.1) is 0 Å². The molecule has 2 aromatic rings. The van der Waals surface area contributed by atoms with Crippen LogP contribution in [0.3, 0.4) is 0 Å². The lowest BCUT2D eigenvalue weighted by atomic mass is 9.99. The molecule has 208 valence electrons. The van der Waals surface area contributed by atoms with E-state index in [4.69, 9.17) is 35.3 Å². The molecule has 1 fully saturated rings. The van der Waals surface area contributed by atoms with Crippen molar-refractivity contribution in [3.8, 4) is 11.5 Å². The van der Waals surface area contributed by atoms with E-state index < -0.39 is 23.8 Å². The molecule has 38 heavy (non-hydrogen) atoms. The van der Waals surface area contributed by atoms with Gasteiger partial charge >= 0.3 is 5.97 Å². The van der Waals surface area contributed by atoms with Crippen LogP contribution in [0.25, 0.3) is 0 Å². The summed E-state index contributed by atoms with van der Waals surface area (Å²) in [5.41, 5.74) is 6.67. The number of amidine groups is 1. The highest BCUT2D eigenvalue weighted by Gasteiger charge is 2.29. The number of halogens is 1. The second-order valence-electron chi connectivity index (χ2n) is 8.60. The maximum Gasteiger partial charge on any atom is 0.333 e. The van der Waals surface area contributed by atoms with Crippen molar-refractivity contribution in [2.45, 2.75) is 39.7 Å². The third kappa shape index (κ3) is 9.55. The van der Waals surface area contributed by atoms with E-state index in [-0.39, 0.29) is 23.8 Å². The second kappa shape index (κ2) is 15.4. The van der Waals surface area contributed by atoms with Crippen LogP contribution in [0.15, 0.2) is 36.4 Å². The Kier molecular flexibility index (Phi) is 12.3. The summed E-state index contributed by atoms with van der Waals surface area (Å²) in [5, 5.41) is 21.3. The molecule has 1 atom stereocenters. The van der Waals surface area contributed by atoms with Gasteiger partial charge in [-0.2, -0.15) is 0 Å². The van der Waals surface area contributed by atoms with E-state index in [0.29, 0.717) is 36.1 Å². The Balaban J connectivity index is 0.00000118. The second-order valence-corrected chi connectivity index (χ2v) is 8.60. The van der Waals surface area contributed by atoms with Gasteiger partial charge in [-0.05, 0) is 76.0 Å². The number of aliphatic carboxylic acids is 1. The summed E-state index contributed by atoms with van der Waals surface area (Å²) in [6.45, 7) is 7.34. The molecule has 3 rings (SSSR count). The predicted octanol–water partition coefficient (Wildman–Crippen LogP) is 3.69. The number of carbonyl (C=O) groups excluding carboxylic acids is 1. The summed E-state index contributed by atoms with van der Waals surface area (Å²) >= 11 is 0. The number of benzene rings is 2. The average Bonchev–Trinajstić information content (AvgIpc) is 2.88. The largest absolute Gasteiger partial charge is 0.494 e. The summed E-state index contributed by atoms with van der Waals surface area (Å²) < 4.78 is 32.4. The van der Waals surface area contributed by atoms with Crippen molar-refractivity contribution in [1.29, 1.82) is 5.41 Å². The van der Waals surface area contributed by atoms with Gasteiger partial charge in [0.2, 0.25) is 0 Å². The molecule has 0 amide bonds. The Morgan fingerprint density at radius 1 is 1.16 bits per heavy atom. The van der Waals surface area contributed by atoms with Gasteiger partial charge in [0.25, 0.3) is 5.97 Å². The maximum absolute atomic E-state index is 15.7. The van der Waals surface area contributed by atoms with Gasteiger partial charge in [-0.25, -0.2) is 9.18 Å². The van der Waals surface area contributed by atoms with Crippen molar-refractivity contribution in [3.63, 3.8) is 0 Å². The summed E-state index contributed by atoms with van der Waals surface area (Å²) in [6, 6.07) is 8.51. The highest BCUT2D eigenvalue weighted by molar-refractivity contribution is 5.95. The number of esters is 1. The quantitative estimate of drug-likeness (QED) is 0.165. The number of hydrogen-bond acceptors (Lipinski definition) is 8. The van der Waals surface area contributed by atoms with Crippen LogP contribution in [0.4, 0.5) is 10.1 Å². The first-order valence-corrected chi connectivity index (χ1v) is 12.5. The summed E-state index contributed by atoms with van der Waals surface area (Å²) in [7, 11) is 0. The number of anilines is 1. The number of nitrogens with two attached hydrogens (primary N) is 1. The fourth-order valence-corrected chi connectivity index (χ4v) is 3.82. The Labute approximate surface area is 222 Å². The Morgan fingerprint density at radius 3 is 2.34 bits per heavy atom. The van der Waals surface area contributed by atoms with E-state index in [2.05, 4.69) is 10.6 Å². The highest BCUT2D eigenvalue weighted by atomic mass is 19.1. The van der Waals surface area contributed by atoms with Gasteiger partial charge in [-0.1, -0.05) is 0 Å². The Hall–Kier alpha value is -3.86. The normalized spacial score (nSPS) is 13.9. The minimum atomic E-state index is -1.13. The van der Waals surface area contributed by atoms with Crippen LogP contribution >= 0.6 is 0 Å².